The molecule has 2 rings (SSSR count). The van der Waals surface area contributed by atoms with Crippen molar-refractivity contribution in [3.05, 3.63) is 0 Å². The summed E-state index contributed by atoms with van der Waals surface area (Å²) >= 11 is 0. The molecule has 0 bridgehead atoms. The van der Waals surface area contributed by atoms with E-state index in [4.69, 9.17) is 0 Å². The third kappa shape index (κ3) is 1.83. The molecule has 0 heterocycles. The number of unbranched alkanes of at least 4 members (excludes halogenated alkanes) is 1. The molecule has 0 amide bonds. The topological polar surface area (TPSA) is 0 Å². The van der Waals surface area contributed by atoms with Crippen molar-refractivity contribution in [2.24, 2.45) is 28.6 Å². The zero-order valence-electron chi connectivity index (χ0n) is 12.0. The van der Waals surface area contributed by atoms with Gasteiger partial charge in [-0.25, -0.2) is 0 Å². The van der Waals surface area contributed by atoms with Gasteiger partial charge in [0, 0.05) is 0 Å². The van der Waals surface area contributed by atoms with Crippen LogP contribution in [0.1, 0.15) is 73.1 Å². The summed E-state index contributed by atoms with van der Waals surface area (Å²) in [5.74, 6) is 3.03. The molecule has 16 heavy (non-hydrogen) atoms. The molecule has 2 saturated carbocycles. The van der Waals surface area contributed by atoms with Crippen LogP contribution in [0.3, 0.4) is 0 Å². The van der Waals surface area contributed by atoms with Crippen molar-refractivity contribution >= 4 is 0 Å². The lowest BCUT2D eigenvalue weighted by Gasteiger charge is -2.26. The molecular weight excluding hydrogens is 192 g/mol. The highest BCUT2D eigenvalue weighted by molar-refractivity contribution is 5.11. The highest BCUT2D eigenvalue weighted by Crippen LogP contribution is 2.70. The van der Waals surface area contributed by atoms with Gasteiger partial charge in [0.15, 0.2) is 0 Å². The maximum absolute atomic E-state index is 2.55. The van der Waals surface area contributed by atoms with Gasteiger partial charge in [-0.2, -0.15) is 0 Å². The second-order valence-electron chi connectivity index (χ2n) is 7.05. The minimum atomic E-state index is 0.722. The van der Waals surface area contributed by atoms with E-state index in [1.165, 1.54) is 38.5 Å². The first-order valence-corrected chi connectivity index (χ1v) is 7.50. The molecular formula is C16H30. The molecule has 0 N–H and O–H groups in total. The van der Waals surface area contributed by atoms with Gasteiger partial charge in [0.2, 0.25) is 0 Å². The monoisotopic (exact) mass is 222 g/mol. The van der Waals surface area contributed by atoms with E-state index >= 15 is 0 Å². The fraction of sp³-hybridized carbons (Fsp3) is 1.00. The van der Waals surface area contributed by atoms with Gasteiger partial charge in [-0.15, -0.1) is 0 Å². The van der Waals surface area contributed by atoms with Crippen LogP contribution in [0.15, 0.2) is 0 Å². The van der Waals surface area contributed by atoms with Crippen LogP contribution in [-0.4, -0.2) is 0 Å². The van der Waals surface area contributed by atoms with Crippen LogP contribution in [0.25, 0.3) is 0 Å². The van der Waals surface area contributed by atoms with Gasteiger partial charge in [0.25, 0.3) is 0 Å². The summed E-state index contributed by atoms with van der Waals surface area (Å²) in [6.07, 6.45) is 8.72. The lowest BCUT2D eigenvalue weighted by Crippen LogP contribution is -2.19. The van der Waals surface area contributed by atoms with Gasteiger partial charge in [-0.3, -0.25) is 0 Å². The van der Waals surface area contributed by atoms with Gasteiger partial charge in [-0.05, 0) is 54.3 Å². The Morgan fingerprint density at radius 1 is 1.25 bits per heavy atom. The number of hydrogen-bond acceptors (Lipinski definition) is 0. The van der Waals surface area contributed by atoms with Crippen LogP contribution in [-0.2, 0) is 0 Å². The van der Waals surface area contributed by atoms with Gasteiger partial charge >= 0.3 is 0 Å². The first-order chi connectivity index (χ1) is 7.50. The SMILES string of the molecule is CCCCC1(C)CC1C(C)C1(CC)CC1C. The molecule has 2 aliphatic carbocycles. The summed E-state index contributed by atoms with van der Waals surface area (Å²) in [5.41, 5.74) is 1.47. The molecule has 0 aliphatic heterocycles. The summed E-state index contributed by atoms with van der Waals surface area (Å²) in [6.45, 7) is 12.3. The second-order valence-corrected chi connectivity index (χ2v) is 7.05. The molecule has 5 atom stereocenters. The molecule has 2 aliphatic rings. The van der Waals surface area contributed by atoms with E-state index in [9.17, 15) is 0 Å². The number of hydrogen-bond donors (Lipinski definition) is 0. The predicted octanol–water partition coefficient (Wildman–Crippen LogP) is 5.28. The normalized spacial score (nSPS) is 47.8. The van der Waals surface area contributed by atoms with Gasteiger partial charge in [0.05, 0.1) is 0 Å². The molecule has 94 valence electrons. The first kappa shape index (κ1) is 12.5. The highest BCUT2D eigenvalue weighted by atomic mass is 14.7. The molecule has 0 aromatic carbocycles. The zero-order chi connectivity index (χ0) is 12.0. The van der Waals surface area contributed by atoms with Crippen molar-refractivity contribution in [3.63, 3.8) is 0 Å². The van der Waals surface area contributed by atoms with Crippen LogP contribution in [0.4, 0.5) is 0 Å². The van der Waals surface area contributed by atoms with Crippen molar-refractivity contribution < 1.29 is 0 Å². The van der Waals surface area contributed by atoms with Gasteiger partial charge in [-0.1, -0.05) is 47.5 Å². The Hall–Kier alpha value is 0. The molecule has 5 unspecified atom stereocenters. The fourth-order valence-corrected chi connectivity index (χ4v) is 4.45. The van der Waals surface area contributed by atoms with Crippen LogP contribution in [0, 0.1) is 28.6 Å². The van der Waals surface area contributed by atoms with E-state index in [0.29, 0.717) is 0 Å². The molecule has 0 saturated heterocycles. The van der Waals surface area contributed by atoms with E-state index in [0.717, 1.165) is 28.6 Å². The Morgan fingerprint density at radius 3 is 2.31 bits per heavy atom. The third-order valence-electron chi connectivity index (χ3n) is 6.20. The van der Waals surface area contributed by atoms with Gasteiger partial charge < -0.3 is 0 Å². The lowest BCUT2D eigenvalue weighted by molar-refractivity contribution is 0.230. The highest BCUT2D eigenvalue weighted by Gasteiger charge is 2.62. The van der Waals surface area contributed by atoms with Gasteiger partial charge in [0.1, 0.15) is 0 Å². The maximum atomic E-state index is 2.55. The van der Waals surface area contributed by atoms with Crippen LogP contribution in [0.2, 0.25) is 0 Å². The van der Waals surface area contributed by atoms with E-state index in [-0.39, 0.29) is 0 Å². The minimum absolute atomic E-state index is 0.722. The van der Waals surface area contributed by atoms with Crippen molar-refractivity contribution in [2.45, 2.75) is 73.1 Å². The molecule has 0 radical (unpaired) electrons. The van der Waals surface area contributed by atoms with Crippen molar-refractivity contribution in [1.29, 1.82) is 0 Å². The lowest BCUT2D eigenvalue weighted by atomic mass is 9.79. The van der Waals surface area contributed by atoms with Crippen molar-refractivity contribution in [3.8, 4) is 0 Å². The smallest absolute Gasteiger partial charge is 0.0243 e. The Morgan fingerprint density at radius 2 is 1.88 bits per heavy atom. The van der Waals surface area contributed by atoms with Crippen molar-refractivity contribution in [1.82, 2.24) is 0 Å². The second kappa shape index (κ2) is 4.03. The molecule has 0 heteroatoms. The third-order valence-corrected chi connectivity index (χ3v) is 6.20. The number of rotatable bonds is 6. The fourth-order valence-electron chi connectivity index (χ4n) is 4.45. The van der Waals surface area contributed by atoms with E-state index < -0.39 is 0 Å². The minimum Gasteiger partial charge on any atom is -0.0654 e. The average molecular weight is 222 g/mol. The Kier molecular flexibility index (Phi) is 3.14. The predicted molar refractivity (Wildman–Crippen MR) is 71.4 cm³/mol. The van der Waals surface area contributed by atoms with Crippen molar-refractivity contribution in [2.75, 3.05) is 0 Å². The van der Waals surface area contributed by atoms with E-state index in [1.54, 1.807) is 0 Å². The van der Waals surface area contributed by atoms with Crippen LogP contribution >= 0.6 is 0 Å². The molecule has 0 nitrogen and oxygen atoms in total. The maximum Gasteiger partial charge on any atom is -0.0243 e. The quantitative estimate of drug-likeness (QED) is 0.574. The zero-order valence-corrected chi connectivity index (χ0v) is 12.0. The van der Waals surface area contributed by atoms with E-state index in [1.807, 2.05) is 0 Å². The summed E-state index contributed by atoms with van der Waals surface area (Å²) < 4.78 is 0. The van der Waals surface area contributed by atoms with Crippen LogP contribution in [0.5, 0.6) is 0 Å². The first-order valence-electron chi connectivity index (χ1n) is 7.50. The summed E-state index contributed by atoms with van der Waals surface area (Å²) in [4.78, 5) is 0. The van der Waals surface area contributed by atoms with E-state index in [2.05, 4.69) is 34.6 Å². The molecule has 0 spiro atoms. The summed E-state index contributed by atoms with van der Waals surface area (Å²) in [6, 6.07) is 0. The Balaban J connectivity index is 1.91. The summed E-state index contributed by atoms with van der Waals surface area (Å²) in [7, 11) is 0. The molecule has 0 aromatic rings. The molecule has 0 aromatic heterocycles. The Bertz CT molecular complexity index is 253. The van der Waals surface area contributed by atoms with Crippen LogP contribution < -0.4 is 0 Å². The molecule has 2 fully saturated rings. The Labute approximate surface area is 102 Å². The average Bonchev–Trinajstić information content (AvgIpc) is 3.12. The standard InChI is InChI=1S/C16H30/c1-6-8-9-15(5)11-14(15)13(4)16(7-2)10-12(16)3/h12-14H,6-11H2,1-5H3. The largest absolute Gasteiger partial charge is 0.0654 e. The summed E-state index contributed by atoms with van der Waals surface area (Å²) in [5, 5.41) is 0.